The Labute approximate surface area is 204 Å². The number of hydrogen-bond acceptors (Lipinski definition) is 3. The van der Waals surface area contributed by atoms with Gasteiger partial charge >= 0.3 is 5.97 Å². The van der Waals surface area contributed by atoms with Gasteiger partial charge in [0.1, 0.15) is 0 Å². The maximum absolute atomic E-state index is 13.6. The van der Waals surface area contributed by atoms with E-state index >= 15 is 0 Å². The van der Waals surface area contributed by atoms with E-state index in [4.69, 9.17) is 0 Å². The van der Waals surface area contributed by atoms with Crippen LogP contribution in [0.2, 0.25) is 0 Å². The van der Waals surface area contributed by atoms with Gasteiger partial charge < -0.3 is 15.3 Å². The molecule has 2 amide bonds. The van der Waals surface area contributed by atoms with Crippen molar-refractivity contribution in [2.75, 3.05) is 19.6 Å². The van der Waals surface area contributed by atoms with Crippen LogP contribution < -0.4 is 5.32 Å². The Morgan fingerprint density at radius 2 is 1.86 bits per heavy atom. The topological polar surface area (TPSA) is 86.7 Å². The molecule has 1 saturated heterocycles. The van der Waals surface area contributed by atoms with E-state index in [0.717, 1.165) is 17.7 Å². The van der Waals surface area contributed by atoms with Crippen LogP contribution in [-0.4, -0.2) is 47.4 Å². The number of amides is 2. The zero-order valence-electron chi connectivity index (χ0n) is 20.1. The Kier molecular flexibility index (Phi) is 8.59. The van der Waals surface area contributed by atoms with E-state index < -0.39 is 28.9 Å². The van der Waals surface area contributed by atoms with Gasteiger partial charge in [0.15, 0.2) is 11.6 Å². The molecule has 1 fully saturated rings. The molecule has 6 nitrogen and oxygen atoms in total. The molecule has 0 aromatic heterocycles. The quantitative estimate of drug-likeness (QED) is 0.496. The number of carbonyl (C=O) groups is 3. The van der Waals surface area contributed by atoms with Crippen LogP contribution in [0.4, 0.5) is 8.78 Å². The third kappa shape index (κ3) is 6.44. The number of hydrogen-bond donors (Lipinski definition) is 2. The third-order valence-corrected chi connectivity index (χ3v) is 6.65. The molecule has 1 aliphatic heterocycles. The van der Waals surface area contributed by atoms with Crippen LogP contribution in [0.5, 0.6) is 0 Å². The molecule has 2 atom stereocenters. The van der Waals surface area contributed by atoms with Gasteiger partial charge in [0, 0.05) is 25.2 Å². The average molecular weight is 487 g/mol. The van der Waals surface area contributed by atoms with Crippen molar-refractivity contribution in [3.63, 3.8) is 0 Å². The zero-order valence-corrected chi connectivity index (χ0v) is 20.1. The van der Waals surface area contributed by atoms with Crippen molar-refractivity contribution in [1.29, 1.82) is 0 Å². The molecular formula is C27H32F2N2O4. The van der Waals surface area contributed by atoms with Crippen LogP contribution in [0.25, 0.3) is 0 Å². The number of carbonyl (C=O) groups excluding carboxylic acids is 2. The maximum Gasteiger partial charge on any atom is 0.304 e. The van der Waals surface area contributed by atoms with E-state index in [1.807, 2.05) is 44.2 Å². The van der Waals surface area contributed by atoms with Crippen LogP contribution >= 0.6 is 0 Å². The van der Waals surface area contributed by atoms with Crippen molar-refractivity contribution >= 4 is 17.8 Å². The van der Waals surface area contributed by atoms with Gasteiger partial charge in [0.05, 0.1) is 11.8 Å². The van der Waals surface area contributed by atoms with Crippen LogP contribution in [0.1, 0.15) is 49.0 Å². The maximum atomic E-state index is 13.6. The van der Waals surface area contributed by atoms with E-state index in [9.17, 15) is 28.3 Å². The van der Waals surface area contributed by atoms with Gasteiger partial charge in [-0.2, -0.15) is 0 Å². The molecule has 0 bridgehead atoms. The van der Waals surface area contributed by atoms with E-state index in [2.05, 4.69) is 5.32 Å². The highest BCUT2D eigenvalue weighted by Gasteiger charge is 2.54. The fourth-order valence-electron chi connectivity index (χ4n) is 5.13. The number of carboxylic acid groups (broad SMARTS) is 1. The molecule has 2 aromatic carbocycles. The van der Waals surface area contributed by atoms with Crippen molar-refractivity contribution in [3.8, 4) is 0 Å². The first-order valence-corrected chi connectivity index (χ1v) is 11.9. The molecule has 2 unspecified atom stereocenters. The second-order valence-electron chi connectivity index (χ2n) is 9.68. The summed E-state index contributed by atoms with van der Waals surface area (Å²) < 4.78 is 26.6. The predicted octanol–water partition coefficient (Wildman–Crippen LogP) is 4.29. The van der Waals surface area contributed by atoms with E-state index in [-0.39, 0.29) is 36.3 Å². The number of rotatable bonds is 11. The number of halogens is 2. The fourth-order valence-corrected chi connectivity index (χ4v) is 5.13. The summed E-state index contributed by atoms with van der Waals surface area (Å²) >= 11 is 0. The molecule has 1 heterocycles. The number of carboxylic acids is 1. The molecule has 2 aromatic rings. The van der Waals surface area contributed by atoms with Crippen molar-refractivity contribution in [2.45, 2.75) is 39.5 Å². The summed E-state index contributed by atoms with van der Waals surface area (Å²) in [7, 11) is 0. The summed E-state index contributed by atoms with van der Waals surface area (Å²) in [6, 6.07) is 12.7. The summed E-state index contributed by atoms with van der Waals surface area (Å²) in [6.07, 6.45) is 1.22. The highest BCUT2D eigenvalue weighted by Crippen LogP contribution is 2.47. The molecule has 0 saturated carbocycles. The molecule has 0 aliphatic carbocycles. The minimum atomic E-state index is -1.11. The number of nitrogens with one attached hydrogen (secondary N) is 1. The average Bonchev–Trinajstić information content (AvgIpc) is 3.04. The van der Waals surface area contributed by atoms with Gasteiger partial charge in [-0.15, -0.1) is 0 Å². The SMILES string of the molecule is CC(C)CC1(CC(=O)O)C(=O)N(CCc2ccccc2)CC1CCNC(=O)c1ccc(F)c(F)c1. The summed E-state index contributed by atoms with van der Waals surface area (Å²) in [4.78, 5) is 39.6. The first-order valence-electron chi connectivity index (χ1n) is 11.9. The Hall–Kier alpha value is -3.29. The van der Waals surface area contributed by atoms with Gasteiger partial charge in [-0.05, 0) is 54.9 Å². The summed E-state index contributed by atoms with van der Waals surface area (Å²) in [5, 5.41) is 12.4. The van der Waals surface area contributed by atoms with Crippen molar-refractivity contribution < 1.29 is 28.3 Å². The van der Waals surface area contributed by atoms with Gasteiger partial charge in [-0.3, -0.25) is 14.4 Å². The molecule has 188 valence electrons. The second-order valence-corrected chi connectivity index (χ2v) is 9.68. The Morgan fingerprint density at radius 3 is 2.49 bits per heavy atom. The first kappa shape index (κ1) is 26.3. The molecular weight excluding hydrogens is 454 g/mol. The zero-order chi connectivity index (χ0) is 25.6. The van der Waals surface area contributed by atoms with Crippen molar-refractivity contribution in [2.24, 2.45) is 17.3 Å². The largest absolute Gasteiger partial charge is 0.481 e. The molecule has 3 rings (SSSR count). The van der Waals surface area contributed by atoms with Crippen LogP contribution in [0.3, 0.4) is 0 Å². The van der Waals surface area contributed by atoms with Crippen LogP contribution in [-0.2, 0) is 16.0 Å². The van der Waals surface area contributed by atoms with Gasteiger partial charge in [-0.1, -0.05) is 44.2 Å². The standard InChI is InChI=1S/C27H32F2N2O4/c1-18(2)15-27(16-24(32)33)21(10-12-30-25(34)20-8-9-22(28)23(29)14-20)17-31(26(27)35)13-11-19-6-4-3-5-7-19/h3-9,14,18,21H,10-13,15-17H2,1-2H3,(H,30,34)(H,32,33). The lowest BCUT2D eigenvalue weighted by atomic mass is 9.68. The molecule has 2 N–H and O–H groups in total. The van der Waals surface area contributed by atoms with Crippen molar-refractivity contribution in [1.82, 2.24) is 10.2 Å². The van der Waals surface area contributed by atoms with E-state index in [1.54, 1.807) is 4.90 Å². The van der Waals surface area contributed by atoms with Gasteiger partial charge in [-0.25, -0.2) is 8.78 Å². The molecule has 1 aliphatic rings. The van der Waals surface area contributed by atoms with Crippen LogP contribution in [0, 0.1) is 28.9 Å². The molecule has 35 heavy (non-hydrogen) atoms. The van der Waals surface area contributed by atoms with Gasteiger partial charge in [0.25, 0.3) is 5.91 Å². The summed E-state index contributed by atoms with van der Waals surface area (Å²) in [6.45, 7) is 5.01. The minimum absolute atomic E-state index is 0.00475. The predicted molar refractivity (Wildman–Crippen MR) is 128 cm³/mol. The highest BCUT2D eigenvalue weighted by atomic mass is 19.2. The first-order chi connectivity index (χ1) is 16.6. The number of benzene rings is 2. The molecule has 8 heteroatoms. The number of likely N-dealkylation sites (tertiary alicyclic amines) is 1. The monoisotopic (exact) mass is 486 g/mol. The summed E-state index contributed by atoms with van der Waals surface area (Å²) in [5.74, 6) is -4.04. The van der Waals surface area contributed by atoms with Crippen molar-refractivity contribution in [3.05, 3.63) is 71.3 Å². The van der Waals surface area contributed by atoms with E-state index in [1.165, 1.54) is 6.07 Å². The second kappa shape index (κ2) is 11.4. The lowest BCUT2D eigenvalue weighted by Crippen LogP contribution is -2.41. The minimum Gasteiger partial charge on any atom is -0.481 e. The number of aliphatic carboxylic acids is 1. The Balaban J connectivity index is 1.74. The lowest BCUT2D eigenvalue weighted by molar-refractivity contribution is -0.148. The molecule has 0 radical (unpaired) electrons. The lowest BCUT2D eigenvalue weighted by Gasteiger charge is -2.33. The fraction of sp³-hybridized carbons (Fsp3) is 0.444. The smallest absolute Gasteiger partial charge is 0.304 e. The van der Waals surface area contributed by atoms with Crippen LogP contribution in [0.15, 0.2) is 48.5 Å². The summed E-state index contributed by atoms with van der Waals surface area (Å²) in [5.41, 5.74) is 0.0359. The van der Waals surface area contributed by atoms with E-state index in [0.29, 0.717) is 32.4 Å². The highest BCUT2D eigenvalue weighted by molar-refractivity contribution is 5.94. The van der Waals surface area contributed by atoms with Gasteiger partial charge in [0.2, 0.25) is 5.91 Å². The Morgan fingerprint density at radius 1 is 1.14 bits per heavy atom. The Bertz CT molecular complexity index is 1060. The molecule has 0 spiro atoms. The normalized spacial score (nSPS) is 19.9. The third-order valence-electron chi connectivity index (χ3n) is 6.65. The number of nitrogens with zero attached hydrogens (tertiary/aromatic N) is 1.